The van der Waals surface area contributed by atoms with Crippen LogP contribution in [0.1, 0.15) is 30.9 Å². The van der Waals surface area contributed by atoms with Gasteiger partial charge in [-0.15, -0.1) is 0 Å². The second-order valence-electron chi connectivity index (χ2n) is 5.99. The number of anilines is 1. The summed E-state index contributed by atoms with van der Waals surface area (Å²) in [4.78, 5) is 14.4. The summed E-state index contributed by atoms with van der Waals surface area (Å²) in [6.07, 6.45) is 3.34. The summed E-state index contributed by atoms with van der Waals surface area (Å²) < 4.78 is 0. The van der Waals surface area contributed by atoms with Crippen molar-refractivity contribution < 1.29 is 4.79 Å². The zero-order valence-corrected chi connectivity index (χ0v) is 12.1. The van der Waals surface area contributed by atoms with Gasteiger partial charge < -0.3 is 15.5 Å². The van der Waals surface area contributed by atoms with Crippen LogP contribution in [0.15, 0.2) is 18.2 Å². The van der Waals surface area contributed by atoms with E-state index in [0.29, 0.717) is 5.92 Å². The monoisotopic (exact) mass is 273 g/mol. The summed E-state index contributed by atoms with van der Waals surface area (Å²) in [5.41, 5.74) is 3.60. The zero-order valence-electron chi connectivity index (χ0n) is 12.1. The zero-order chi connectivity index (χ0) is 13.9. The summed E-state index contributed by atoms with van der Waals surface area (Å²) in [6, 6.07) is 6.25. The van der Waals surface area contributed by atoms with E-state index in [2.05, 4.69) is 23.6 Å². The molecule has 2 N–H and O–H groups in total. The van der Waals surface area contributed by atoms with Crippen LogP contribution in [0.4, 0.5) is 10.5 Å². The molecule has 0 aromatic heterocycles. The quantitative estimate of drug-likeness (QED) is 0.826. The molecule has 0 aliphatic carbocycles. The molecule has 1 atom stereocenters. The Morgan fingerprint density at radius 3 is 3.20 bits per heavy atom. The van der Waals surface area contributed by atoms with Crippen LogP contribution < -0.4 is 10.6 Å². The molecular formula is C16H23N3O. The molecule has 2 amide bonds. The molecule has 1 unspecified atom stereocenters. The highest BCUT2D eigenvalue weighted by molar-refractivity contribution is 5.90. The SMILES string of the molecule is CC1CCCN(C(=O)Nc2cccc3c2CCNC3)C1. The first kappa shape index (κ1) is 13.4. The predicted octanol–water partition coefficient (Wildman–Crippen LogP) is 2.60. The Bertz CT molecular complexity index is 500. The van der Waals surface area contributed by atoms with Crippen LogP contribution in [0.25, 0.3) is 0 Å². The van der Waals surface area contributed by atoms with Crippen LogP contribution in [0.3, 0.4) is 0 Å². The molecule has 0 spiro atoms. The van der Waals surface area contributed by atoms with E-state index in [1.54, 1.807) is 0 Å². The number of benzene rings is 1. The van der Waals surface area contributed by atoms with Gasteiger partial charge in [-0.3, -0.25) is 0 Å². The van der Waals surface area contributed by atoms with E-state index in [-0.39, 0.29) is 6.03 Å². The Labute approximate surface area is 120 Å². The van der Waals surface area contributed by atoms with Crippen molar-refractivity contribution in [2.75, 3.05) is 25.0 Å². The van der Waals surface area contributed by atoms with Gasteiger partial charge in [-0.25, -0.2) is 4.79 Å². The molecule has 0 radical (unpaired) electrons. The van der Waals surface area contributed by atoms with Crippen LogP contribution in [0.2, 0.25) is 0 Å². The molecule has 0 saturated carbocycles. The smallest absolute Gasteiger partial charge is 0.321 e. The van der Waals surface area contributed by atoms with Gasteiger partial charge in [-0.05, 0) is 48.9 Å². The van der Waals surface area contributed by atoms with Crippen LogP contribution >= 0.6 is 0 Å². The number of fused-ring (bicyclic) bond motifs is 1. The Kier molecular flexibility index (Phi) is 3.92. The molecule has 1 aromatic carbocycles. The maximum Gasteiger partial charge on any atom is 0.321 e. The van der Waals surface area contributed by atoms with Crippen LogP contribution in [0.5, 0.6) is 0 Å². The molecular weight excluding hydrogens is 250 g/mol. The van der Waals surface area contributed by atoms with E-state index in [9.17, 15) is 4.79 Å². The van der Waals surface area contributed by atoms with Gasteiger partial charge in [0, 0.05) is 25.3 Å². The number of hydrogen-bond acceptors (Lipinski definition) is 2. The number of nitrogens with one attached hydrogen (secondary N) is 2. The summed E-state index contributed by atoms with van der Waals surface area (Å²) in [6.45, 7) is 5.87. The first-order valence-corrected chi connectivity index (χ1v) is 7.61. The minimum atomic E-state index is 0.0588. The fourth-order valence-corrected chi connectivity index (χ4v) is 3.22. The third-order valence-corrected chi connectivity index (χ3v) is 4.33. The molecule has 20 heavy (non-hydrogen) atoms. The van der Waals surface area contributed by atoms with Gasteiger partial charge >= 0.3 is 6.03 Å². The minimum absolute atomic E-state index is 0.0588. The number of nitrogens with zero attached hydrogens (tertiary/aromatic N) is 1. The fraction of sp³-hybridized carbons (Fsp3) is 0.562. The number of carbonyl (C=O) groups is 1. The second-order valence-corrected chi connectivity index (χ2v) is 5.99. The van der Waals surface area contributed by atoms with Gasteiger partial charge in [0.2, 0.25) is 0 Å². The van der Waals surface area contributed by atoms with E-state index in [1.165, 1.54) is 17.5 Å². The Balaban J connectivity index is 1.72. The van der Waals surface area contributed by atoms with E-state index in [1.807, 2.05) is 17.0 Å². The predicted molar refractivity (Wildman–Crippen MR) is 80.8 cm³/mol. The molecule has 2 aliphatic heterocycles. The maximum absolute atomic E-state index is 12.4. The molecule has 4 nitrogen and oxygen atoms in total. The van der Waals surface area contributed by atoms with Crippen molar-refractivity contribution in [3.8, 4) is 0 Å². The molecule has 1 fully saturated rings. The van der Waals surface area contributed by atoms with Crippen molar-refractivity contribution in [1.82, 2.24) is 10.2 Å². The van der Waals surface area contributed by atoms with Crippen molar-refractivity contribution in [2.24, 2.45) is 5.92 Å². The van der Waals surface area contributed by atoms with Crippen LogP contribution in [0, 0.1) is 5.92 Å². The van der Waals surface area contributed by atoms with E-state index in [4.69, 9.17) is 0 Å². The van der Waals surface area contributed by atoms with Crippen LogP contribution in [-0.2, 0) is 13.0 Å². The topological polar surface area (TPSA) is 44.4 Å². The van der Waals surface area contributed by atoms with Gasteiger partial charge in [-0.2, -0.15) is 0 Å². The highest BCUT2D eigenvalue weighted by Gasteiger charge is 2.22. The average Bonchev–Trinajstić information content (AvgIpc) is 2.47. The average molecular weight is 273 g/mol. The molecule has 3 rings (SSSR count). The van der Waals surface area contributed by atoms with Gasteiger partial charge in [0.25, 0.3) is 0 Å². The summed E-state index contributed by atoms with van der Waals surface area (Å²) in [5.74, 6) is 0.614. The van der Waals surface area contributed by atoms with Crippen molar-refractivity contribution in [3.05, 3.63) is 29.3 Å². The van der Waals surface area contributed by atoms with E-state index in [0.717, 1.165) is 44.7 Å². The second kappa shape index (κ2) is 5.83. The lowest BCUT2D eigenvalue weighted by atomic mass is 9.99. The maximum atomic E-state index is 12.4. The lowest BCUT2D eigenvalue weighted by molar-refractivity contribution is 0.182. The van der Waals surface area contributed by atoms with Crippen molar-refractivity contribution in [2.45, 2.75) is 32.7 Å². The van der Waals surface area contributed by atoms with Crippen LogP contribution in [-0.4, -0.2) is 30.6 Å². The van der Waals surface area contributed by atoms with Gasteiger partial charge in [-0.1, -0.05) is 19.1 Å². The fourth-order valence-electron chi connectivity index (χ4n) is 3.22. The van der Waals surface area contributed by atoms with Crippen molar-refractivity contribution >= 4 is 11.7 Å². The molecule has 1 saturated heterocycles. The molecule has 1 aromatic rings. The Morgan fingerprint density at radius 2 is 2.35 bits per heavy atom. The summed E-state index contributed by atoms with van der Waals surface area (Å²) in [5, 5.41) is 6.49. The number of rotatable bonds is 1. The van der Waals surface area contributed by atoms with E-state index < -0.39 is 0 Å². The molecule has 2 aliphatic rings. The molecule has 4 heteroatoms. The molecule has 108 valence electrons. The highest BCUT2D eigenvalue weighted by Crippen LogP contribution is 2.24. The first-order chi connectivity index (χ1) is 9.74. The standard InChI is InChI=1S/C16H23N3O/c1-12-4-3-9-19(11-12)16(20)18-15-6-2-5-13-10-17-8-7-14(13)15/h2,5-6,12,17H,3-4,7-11H2,1H3,(H,18,20). The number of amides is 2. The largest absolute Gasteiger partial charge is 0.324 e. The van der Waals surface area contributed by atoms with Crippen molar-refractivity contribution in [3.63, 3.8) is 0 Å². The number of carbonyl (C=O) groups excluding carboxylic acids is 1. The first-order valence-electron chi connectivity index (χ1n) is 7.61. The van der Waals surface area contributed by atoms with Gasteiger partial charge in [0.05, 0.1) is 0 Å². The lowest BCUT2D eigenvalue weighted by Gasteiger charge is -2.31. The Hall–Kier alpha value is -1.55. The molecule has 0 bridgehead atoms. The lowest BCUT2D eigenvalue weighted by Crippen LogP contribution is -2.42. The van der Waals surface area contributed by atoms with Crippen molar-refractivity contribution in [1.29, 1.82) is 0 Å². The Morgan fingerprint density at radius 1 is 1.45 bits per heavy atom. The summed E-state index contributed by atoms with van der Waals surface area (Å²) >= 11 is 0. The minimum Gasteiger partial charge on any atom is -0.324 e. The highest BCUT2D eigenvalue weighted by atomic mass is 16.2. The summed E-state index contributed by atoms with van der Waals surface area (Å²) in [7, 11) is 0. The number of hydrogen-bond donors (Lipinski definition) is 2. The van der Waals surface area contributed by atoms with Gasteiger partial charge in [0.1, 0.15) is 0 Å². The third kappa shape index (κ3) is 2.80. The number of likely N-dealkylation sites (tertiary alicyclic amines) is 1. The third-order valence-electron chi connectivity index (χ3n) is 4.33. The number of piperidine rings is 1. The number of urea groups is 1. The normalized spacial score (nSPS) is 22.2. The van der Waals surface area contributed by atoms with E-state index >= 15 is 0 Å². The van der Waals surface area contributed by atoms with Gasteiger partial charge in [0.15, 0.2) is 0 Å². The molecule has 2 heterocycles.